The standard InChI is InChI=1S/C19H26F3N5O2.HI/c1-3-24-19(27-8-6-12(7-9-27)10-15(28)23-2)25-11-16(29)26-14-5-4-13(20)17(21)18(14)22;/h4-5,12H,3,6-11H2,1-2H3,(H,23,28)(H,24,25)(H,26,29);1H. The average molecular weight is 541 g/mol. The fraction of sp³-hybridized carbons (Fsp3) is 0.526. The molecular weight excluding hydrogens is 514 g/mol. The smallest absolute Gasteiger partial charge is 0.246 e. The van der Waals surface area contributed by atoms with Crippen LogP contribution in [0.4, 0.5) is 18.9 Å². The first kappa shape index (κ1) is 26.0. The number of nitrogens with one attached hydrogen (secondary N) is 3. The number of hydrogen-bond acceptors (Lipinski definition) is 3. The predicted octanol–water partition coefficient (Wildman–Crippen LogP) is 2.47. The van der Waals surface area contributed by atoms with Crippen molar-refractivity contribution < 1.29 is 22.8 Å². The van der Waals surface area contributed by atoms with E-state index in [-0.39, 0.29) is 36.4 Å². The van der Waals surface area contributed by atoms with Crippen LogP contribution in [-0.4, -0.2) is 55.9 Å². The predicted molar refractivity (Wildman–Crippen MR) is 119 cm³/mol. The van der Waals surface area contributed by atoms with Gasteiger partial charge in [-0.3, -0.25) is 9.59 Å². The summed E-state index contributed by atoms with van der Waals surface area (Å²) in [6.45, 7) is 3.56. The summed E-state index contributed by atoms with van der Waals surface area (Å²) >= 11 is 0. The normalized spacial score (nSPS) is 14.7. The number of rotatable bonds is 6. The molecule has 1 fully saturated rings. The van der Waals surface area contributed by atoms with Gasteiger partial charge in [-0.05, 0) is 37.8 Å². The largest absolute Gasteiger partial charge is 0.359 e. The molecule has 0 spiro atoms. The molecule has 1 aliphatic rings. The first-order chi connectivity index (χ1) is 13.8. The Hall–Kier alpha value is -2.05. The number of carbonyl (C=O) groups is 2. The fourth-order valence-electron chi connectivity index (χ4n) is 3.10. The Balaban J connectivity index is 0.00000450. The van der Waals surface area contributed by atoms with Crippen molar-refractivity contribution >= 4 is 47.4 Å². The molecule has 7 nitrogen and oxygen atoms in total. The number of halogens is 4. The van der Waals surface area contributed by atoms with Crippen molar-refractivity contribution in [3.63, 3.8) is 0 Å². The monoisotopic (exact) mass is 541 g/mol. The first-order valence-electron chi connectivity index (χ1n) is 9.52. The second kappa shape index (κ2) is 12.6. The van der Waals surface area contributed by atoms with Gasteiger partial charge >= 0.3 is 0 Å². The van der Waals surface area contributed by atoms with Crippen molar-refractivity contribution in [1.29, 1.82) is 0 Å². The zero-order chi connectivity index (χ0) is 21.4. The molecule has 30 heavy (non-hydrogen) atoms. The third-order valence-electron chi connectivity index (χ3n) is 4.68. The summed E-state index contributed by atoms with van der Waals surface area (Å²) in [5.74, 6) is -4.22. The van der Waals surface area contributed by atoms with Gasteiger partial charge in [-0.15, -0.1) is 24.0 Å². The van der Waals surface area contributed by atoms with Crippen LogP contribution < -0.4 is 16.0 Å². The summed E-state index contributed by atoms with van der Waals surface area (Å²) in [6, 6.07) is 1.70. The molecular formula is C19H27F3IN5O2. The summed E-state index contributed by atoms with van der Waals surface area (Å²) in [6.07, 6.45) is 2.13. The van der Waals surface area contributed by atoms with Gasteiger partial charge in [0.2, 0.25) is 11.8 Å². The topological polar surface area (TPSA) is 85.8 Å². The van der Waals surface area contributed by atoms with Crippen LogP contribution in [0.5, 0.6) is 0 Å². The molecule has 0 saturated carbocycles. The summed E-state index contributed by atoms with van der Waals surface area (Å²) < 4.78 is 39.9. The molecule has 0 atom stereocenters. The molecule has 0 radical (unpaired) electrons. The maximum absolute atomic E-state index is 13.7. The van der Waals surface area contributed by atoms with Crippen molar-refractivity contribution in [2.45, 2.75) is 26.2 Å². The number of amides is 2. The summed E-state index contributed by atoms with van der Waals surface area (Å²) in [7, 11) is 1.62. The van der Waals surface area contributed by atoms with E-state index in [4.69, 9.17) is 0 Å². The Morgan fingerprint density at radius 1 is 1.13 bits per heavy atom. The van der Waals surface area contributed by atoms with Crippen molar-refractivity contribution in [2.75, 3.05) is 38.5 Å². The second-order valence-electron chi connectivity index (χ2n) is 6.75. The minimum atomic E-state index is -1.64. The van der Waals surface area contributed by atoms with Crippen LogP contribution in [0.2, 0.25) is 0 Å². The molecule has 1 heterocycles. The van der Waals surface area contributed by atoms with E-state index in [0.717, 1.165) is 25.0 Å². The maximum atomic E-state index is 13.7. The van der Waals surface area contributed by atoms with Crippen LogP contribution in [0, 0.1) is 23.4 Å². The molecule has 0 unspecified atom stereocenters. The van der Waals surface area contributed by atoms with E-state index in [9.17, 15) is 22.8 Å². The van der Waals surface area contributed by atoms with E-state index >= 15 is 0 Å². The lowest BCUT2D eigenvalue weighted by molar-refractivity contribution is -0.121. The van der Waals surface area contributed by atoms with Crippen molar-refractivity contribution in [3.8, 4) is 0 Å². The van der Waals surface area contributed by atoms with Gasteiger partial charge in [0.05, 0.1) is 5.69 Å². The minimum absolute atomic E-state index is 0. The lowest BCUT2D eigenvalue weighted by Gasteiger charge is -2.34. The molecule has 0 bridgehead atoms. The van der Waals surface area contributed by atoms with Crippen LogP contribution in [0.1, 0.15) is 26.2 Å². The zero-order valence-electron chi connectivity index (χ0n) is 16.9. The molecule has 1 aromatic carbocycles. The van der Waals surface area contributed by atoms with Gasteiger partial charge in [0.25, 0.3) is 0 Å². The Bertz CT molecular complexity index is 771. The van der Waals surface area contributed by atoms with Gasteiger partial charge in [0, 0.05) is 33.1 Å². The van der Waals surface area contributed by atoms with Crippen LogP contribution in [-0.2, 0) is 9.59 Å². The number of piperidine rings is 1. The highest BCUT2D eigenvalue weighted by molar-refractivity contribution is 14.0. The van der Waals surface area contributed by atoms with E-state index in [0.29, 0.717) is 37.9 Å². The molecule has 2 rings (SSSR count). The zero-order valence-corrected chi connectivity index (χ0v) is 19.3. The second-order valence-corrected chi connectivity index (χ2v) is 6.75. The number of anilines is 1. The van der Waals surface area contributed by atoms with Gasteiger partial charge in [-0.2, -0.15) is 0 Å². The molecule has 0 aliphatic carbocycles. The number of nitrogens with zero attached hydrogens (tertiary/aromatic N) is 2. The van der Waals surface area contributed by atoms with Gasteiger partial charge in [0.1, 0.15) is 6.54 Å². The molecule has 1 aromatic rings. The van der Waals surface area contributed by atoms with E-state index in [1.165, 1.54) is 0 Å². The molecule has 3 N–H and O–H groups in total. The average Bonchev–Trinajstić information content (AvgIpc) is 2.72. The number of aliphatic imine (C=N–C) groups is 1. The lowest BCUT2D eigenvalue weighted by Crippen LogP contribution is -2.46. The third kappa shape index (κ3) is 7.33. The van der Waals surface area contributed by atoms with Gasteiger partial charge < -0.3 is 20.9 Å². The highest BCUT2D eigenvalue weighted by Crippen LogP contribution is 2.21. The summed E-state index contributed by atoms with van der Waals surface area (Å²) in [5.41, 5.74) is -0.441. The number of carbonyl (C=O) groups excluding carboxylic acids is 2. The van der Waals surface area contributed by atoms with Crippen LogP contribution in [0.15, 0.2) is 17.1 Å². The number of hydrogen-bond donors (Lipinski definition) is 3. The van der Waals surface area contributed by atoms with Crippen molar-refractivity contribution in [1.82, 2.24) is 15.5 Å². The number of likely N-dealkylation sites (tertiary alicyclic amines) is 1. The number of guanidine groups is 1. The molecule has 1 saturated heterocycles. The Kier molecular flexibility index (Phi) is 10.9. The Morgan fingerprint density at radius 2 is 1.80 bits per heavy atom. The number of benzene rings is 1. The van der Waals surface area contributed by atoms with Gasteiger partial charge in [-0.1, -0.05) is 0 Å². The van der Waals surface area contributed by atoms with Gasteiger partial charge in [0.15, 0.2) is 23.4 Å². The highest BCUT2D eigenvalue weighted by atomic mass is 127. The summed E-state index contributed by atoms with van der Waals surface area (Å²) in [4.78, 5) is 29.8. The Morgan fingerprint density at radius 3 is 2.40 bits per heavy atom. The minimum Gasteiger partial charge on any atom is -0.359 e. The Labute approximate surface area is 190 Å². The molecule has 1 aliphatic heterocycles. The summed E-state index contributed by atoms with van der Waals surface area (Å²) in [5, 5.41) is 7.92. The van der Waals surface area contributed by atoms with E-state index in [1.807, 2.05) is 11.8 Å². The lowest BCUT2D eigenvalue weighted by atomic mass is 9.93. The molecule has 168 valence electrons. The van der Waals surface area contributed by atoms with Crippen LogP contribution in [0.25, 0.3) is 0 Å². The van der Waals surface area contributed by atoms with Crippen molar-refractivity contribution in [3.05, 3.63) is 29.6 Å². The van der Waals surface area contributed by atoms with Crippen LogP contribution >= 0.6 is 24.0 Å². The maximum Gasteiger partial charge on any atom is 0.246 e. The molecule has 2 amide bonds. The first-order valence-corrected chi connectivity index (χ1v) is 9.52. The third-order valence-corrected chi connectivity index (χ3v) is 4.68. The van der Waals surface area contributed by atoms with E-state index < -0.39 is 29.0 Å². The van der Waals surface area contributed by atoms with E-state index in [1.54, 1.807) is 7.05 Å². The van der Waals surface area contributed by atoms with Crippen LogP contribution in [0.3, 0.4) is 0 Å². The van der Waals surface area contributed by atoms with Gasteiger partial charge in [-0.25, -0.2) is 18.2 Å². The molecule has 11 heteroatoms. The van der Waals surface area contributed by atoms with Crippen molar-refractivity contribution in [2.24, 2.45) is 10.9 Å². The fourth-order valence-corrected chi connectivity index (χ4v) is 3.10. The molecule has 0 aromatic heterocycles. The highest BCUT2D eigenvalue weighted by Gasteiger charge is 2.23. The SMILES string of the molecule is CCNC(=NCC(=O)Nc1ccc(F)c(F)c1F)N1CCC(CC(=O)NC)CC1.I. The van der Waals surface area contributed by atoms with E-state index in [2.05, 4.69) is 20.9 Å². The quantitative estimate of drug-likeness (QED) is 0.224.